The van der Waals surface area contributed by atoms with Crippen LogP contribution < -0.4 is 5.32 Å². The largest absolute Gasteiger partial charge is 0.394 e. The lowest BCUT2D eigenvalue weighted by molar-refractivity contribution is 0.203. The molecule has 0 aliphatic rings. The van der Waals surface area contributed by atoms with Crippen LogP contribution >= 0.6 is 0 Å². The molecule has 0 fully saturated rings. The molecule has 6 heteroatoms. The first-order valence-corrected chi connectivity index (χ1v) is 5.04. The third-order valence-electron chi connectivity index (χ3n) is 2.25. The van der Waals surface area contributed by atoms with E-state index in [-0.39, 0.29) is 13.2 Å². The van der Waals surface area contributed by atoms with Gasteiger partial charge in [0.1, 0.15) is 0 Å². The fourth-order valence-electron chi connectivity index (χ4n) is 1.38. The van der Waals surface area contributed by atoms with Crippen LogP contribution in [0.5, 0.6) is 0 Å². The third kappa shape index (κ3) is 2.12. The Kier molecular flexibility index (Phi) is 3.02. The molecule has 2 aromatic rings. The normalized spacial score (nSPS) is 11.2. The highest BCUT2D eigenvalue weighted by atomic mass is 16.3. The van der Waals surface area contributed by atoms with Gasteiger partial charge in [0.2, 0.25) is 5.95 Å². The van der Waals surface area contributed by atoms with Crippen molar-refractivity contribution < 1.29 is 10.2 Å². The standard InChI is InChI=1S/C10H14N4O2/c1-7-2-3-9-12-10(13-14(9)4-7)11-8(5-15)6-16/h2-4,8,15-16H,5-6H2,1H3,(H,11,13). The predicted octanol–water partition coefficient (Wildman–Crippen LogP) is -0.197. The average Bonchev–Trinajstić information content (AvgIpc) is 2.67. The molecule has 0 unspecified atom stereocenters. The van der Waals surface area contributed by atoms with Gasteiger partial charge >= 0.3 is 0 Å². The maximum Gasteiger partial charge on any atom is 0.243 e. The van der Waals surface area contributed by atoms with Crippen molar-refractivity contribution in [2.24, 2.45) is 0 Å². The Balaban J connectivity index is 2.25. The molecule has 0 bridgehead atoms. The van der Waals surface area contributed by atoms with Crippen molar-refractivity contribution in [3.63, 3.8) is 0 Å². The number of hydrogen-bond acceptors (Lipinski definition) is 5. The molecule has 16 heavy (non-hydrogen) atoms. The fourth-order valence-corrected chi connectivity index (χ4v) is 1.38. The van der Waals surface area contributed by atoms with E-state index in [4.69, 9.17) is 10.2 Å². The lowest BCUT2D eigenvalue weighted by Crippen LogP contribution is -2.28. The zero-order valence-electron chi connectivity index (χ0n) is 8.96. The molecule has 6 nitrogen and oxygen atoms in total. The molecule has 0 aromatic carbocycles. The van der Waals surface area contributed by atoms with Crippen LogP contribution in [0, 0.1) is 6.92 Å². The van der Waals surface area contributed by atoms with Crippen LogP contribution in [-0.4, -0.2) is 44.1 Å². The summed E-state index contributed by atoms with van der Waals surface area (Å²) in [6, 6.07) is 3.38. The lowest BCUT2D eigenvalue weighted by Gasteiger charge is -2.10. The van der Waals surface area contributed by atoms with E-state index in [9.17, 15) is 0 Å². The van der Waals surface area contributed by atoms with Crippen LogP contribution in [0.3, 0.4) is 0 Å². The van der Waals surface area contributed by atoms with E-state index in [1.807, 2.05) is 25.3 Å². The van der Waals surface area contributed by atoms with Crippen molar-refractivity contribution in [2.45, 2.75) is 13.0 Å². The second-order valence-electron chi connectivity index (χ2n) is 3.65. The summed E-state index contributed by atoms with van der Waals surface area (Å²) in [5.41, 5.74) is 1.81. The number of pyridine rings is 1. The Bertz CT molecular complexity index is 479. The van der Waals surface area contributed by atoms with Gasteiger partial charge in [0, 0.05) is 6.20 Å². The minimum Gasteiger partial charge on any atom is -0.394 e. The van der Waals surface area contributed by atoms with Gasteiger partial charge in [0.15, 0.2) is 5.65 Å². The maximum absolute atomic E-state index is 8.92. The lowest BCUT2D eigenvalue weighted by atomic mass is 10.3. The summed E-state index contributed by atoms with van der Waals surface area (Å²) in [5.74, 6) is 0.402. The minimum atomic E-state index is -0.432. The number of nitrogens with zero attached hydrogens (tertiary/aromatic N) is 3. The van der Waals surface area contributed by atoms with Crippen LogP contribution in [0.2, 0.25) is 0 Å². The third-order valence-corrected chi connectivity index (χ3v) is 2.25. The van der Waals surface area contributed by atoms with Gasteiger partial charge in [-0.1, -0.05) is 6.07 Å². The van der Waals surface area contributed by atoms with Crippen LogP contribution in [0.25, 0.3) is 5.65 Å². The predicted molar refractivity (Wildman–Crippen MR) is 59.3 cm³/mol. The summed E-state index contributed by atoms with van der Waals surface area (Å²) in [6.45, 7) is 1.65. The smallest absolute Gasteiger partial charge is 0.243 e. The van der Waals surface area contributed by atoms with E-state index in [2.05, 4.69) is 15.4 Å². The van der Waals surface area contributed by atoms with Gasteiger partial charge in [-0.2, -0.15) is 4.98 Å². The molecule has 3 N–H and O–H groups in total. The number of aliphatic hydroxyl groups is 2. The Labute approximate surface area is 92.6 Å². The van der Waals surface area contributed by atoms with E-state index in [0.29, 0.717) is 5.95 Å². The van der Waals surface area contributed by atoms with Crippen molar-refractivity contribution >= 4 is 11.6 Å². The first-order valence-electron chi connectivity index (χ1n) is 5.04. The van der Waals surface area contributed by atoms with Crippen molar-refractivity contribution in [3.05, 3.63) is 23.9 Å². The quantitative estimate of drug-likeness (QED) is 0.667. The molecular weight excluding hydrogens is 208 g/mol. The number of anilines is 1. The number of fused-ring (bicyclic) bond motifs is 1. The van der Waals surface area contributed by atoms with Crippen LogP contribution in [-0.2, 0) is 0 Å². The topological polar surface area (TPSA) is 82.7 Å². The van der Waals surface area contributed by atoms with Gasteiger partial charge in [0.05, 0.1) is 19.3 Å². The van der Waals surface area contributed by atoms with Gasteiger partial charge in [0.25, 0.3) is 0 Å². The average molecular weight is 222 g/mol. The molecule has 0 radical (unpaired) electrons. The zero-order valence-corrected chi connectivity index (χ0v) is 8.96. The Hall–Kier alpha value is -1.66. The maximum atomic E-state index is 8.92. The van der Waals surface area contributed by atoms with Crippen LogP contribution in [0.4, 0.5) is 5.95 Å². The summed E-state index contributed by atoms with van der Waals surface area (Å²) in [6.07, 6.45) is 1.86. The van der Waals surface area contributed by atoms with Gasteiger partial charge in [-0.3, -0.25) is 0 Å². The van der Waals surface area contributed by atoms with Crippen LogP contribution in [0.1, 0.15) is 5.56 Å². The highest BCUT2D eigenvalue weighted by molar-refractivity contribution is 5.44. The van der Waals surface area contributed by atoms with E-state index in [1.54, 1.807) is 4.52 Å². The fraction of sp³-hybridized carbons (Fsp3) is 0.400. The Morgan fingerprint density at radius 1 is 1.38 bits per heavy atom. The number of aryl methyl sites for hydroxylation is 1. The van der Waals surface area contributed by atoms with Gasteiger partial charge in [-0.05, 0) is 18.6 Å². The second-order valence-corrected chi connectivity index (χ2v) is 3.65. The monoisotopic (exact) mass is 222 g/mol. The number of aliphatic hydroxyl groups excluding tert-OH is 2. The van der Waals surface area contributed by atoms with Gasteiger partial charge < -0.3 is 15.5 Å². The SMILES string of the molecule is Cc1ccc2nc(NC(CO)CO)nn2c1. The summed E-state index contributed by atoms with van der Waals surface area (Å²) in [4.78, 5) is 4.21. The molecule has 0 aliphatic heterocycles. The molecule has 0 saturated heterocycles. The summed E-state index contributed by atoms with van der Waals surface area (Å²) >= 11 is 0. The molecule has 2 aromatic heterocycles. The van der Waals surface area contributed by atoms with E-state index < -0.39 is 6.04 Å². The van der Waals surface area contributed by atoms with Gasteiger partial charge in [-0.15, -0.1) is 5.10 Å². The first kappa shape index (κ1) is 10.8. The molecule has 0 amide bonds. The van der Waals surface area contributed by atoms with E-state index in [0.717, 1.165) is 11.2 Å². The second kappa shape index (κ2) is 4.46. The molecular formula is C10H14N4O2. The van der Waals surface area contributed by atoms with Crippen LogP contribution in [0.15, 0.2) is 18.3 Å². The molecule has 86 valence electrons. The highest BCUT2D eigenvalue weighted by Gasteiger charge is 2.09. The molecule has 2 rings (SSSR count). The van der Waals surface area contributed by atoms with Crippen molar-refractivity contribution in [1.29, 1.82) is 0 Å². The zero-order chi connectivity index (χ0) is 11.5. The number of aromatic nitrogens is 3. The van der Waals surface area contributed by atoms with Crippen molar-refractivity contribution in [2.75, 3.05) is 18.5 Å². The Morgan fingerprint density at radius 2 is 2.12 bits per heavy atom. The van der Waals surface area contributed by atoms with E-state index >= 15 is 0 Å². The highest BCUT2D eigenvalue weighted by Crippen LogP contribution is 2.07. The summed E-state index contributed by atoms with van der Waals surface area (Å²) < 4.78 is 1.66. The summed E-state index contributed by atoms with van der Waals surface area (Å²) in [7, 11) is 0. The first-order chi connectivity index (χ1) is 7.72. The number of nitrogens with one attached hydrogen (secondary N) is 1. The Morgan fingerprint density at radius 3 is 2.81 bits per heavy atom. The molecule has 0 saturated carbocycles. The van der Waals surface area contributed by atoms with Crippen molar-refractivity contribution in [1.82, 2.24) is 14.6 Å². The molecule has 2 heterocycles. The molecule has 0 spiro atoms. The number of hydrogen-bond donors (Lipinski definition) is 3. The molecule has 0 aliphatic carbocycles. The van der Waals surface area contributed by atoms with E-state index in [1.165, 1.54) is 0 Å². The van der Waals surface area contributed by atoms with Gasteiger partial charge in [-0.25, -0.2) is 4.52 Å². The number of rotatable bonds is 4. The summed E-state index contributed by atoms with van der Waals surface area (Å²) in [5, 5.41) is 24.9. The minimum absolute atomic E-state index is 0.162. The van der Waals surface area contributed by atoms with Crippen molar-refractivity contribution in [3.8, 4) is 0 Å². The molecule has 0 atom stereocenters.